The summed E-state index contributed by atoms with van der Waals surface area (Å²) >= 11 is 1.51. The van der Waals surface area contributed by atoms with E-state index in [9.17, 15) is 4.79 Å². The van der Waals surface area contributed by atoms with Crippen molar-refractivity contribution in [2.45, 2.75) is 0 Å². The van der Waals surface area contributed by atoms with Crippen LogP contribution in [-0.2, 0) is 4.74 Å². The van der Waals surface area contributed by atoms with Gasteiger partial charge < -0.3 is 9.64 Å². The van der Waals surface area contributed by atoms with Crippen molar-refractivity contribution in [3.05, 3.63) is 29.9 Å². The molecular weight excluding hydrogens is 250 g/mol. The fourth-order valence-electron chi connectivity index (χ4n) is 1.78. The zero-order chi connectivity index (χ0) is 13.0. The van der Waals surface area contributed by atoms with Crippen LogP contribution in [-0.4, -0.2) is 42.5 Å². The van der Waals surface area contributed by atoms with Gasteiger partial charge in [0.2, 0.25) is 0 Å². The topological polar surface area (TPSA) is 46.8 Å². The second kappa shape index (κ2) is 5.79. The number of aromatic nitrogens is 2. The van der Waals surface area contributed by atoms with Crippen molar-refractivity contribution < 1.29 is 9.53 Å². The highest BCUT2D eigenvalue weighted by Gasteiger charge is 2.17. The second-order valence-corrected chi connectivity index (χ2v) is 4.59. The number of nitrogens with zero attached hydrogens (tertiary/aromatic N) is 3. The Hall–Kier alpha value is -1.66. The Labute approximate surface area is 109 Å². The molecule has 0 aliphatic carbocycles. The number of imidazole rings is 1. The molecule has 0 aliphatic rings. The van der Waals surface area contributed by atoms with Gasteiger partial charge >= 0.3 is 0 Å². The molecule has 0 atom stereocenters. The Morgan fingerprint density at radius 1 is 1.67 bits per heavy atom. The molecule has 0 spiro atoms. The van der Waals surface area contributed by atoms with E-state index in [0.717, 1.165) is 11.2 Å². The van der Waals surface area contributed by atoms with Crippen LogP contribution in [0.4, 0.5) is 5.82 Å². The minimum atomic E-state index is 0.573. The maximum Gasteiger partial charge on any atom is 0.196 e. The first kappa shape index (κ1) is 12.8. The zero-order valence-corrected chi connectivity index (χ0v) is 11.0. The van der Waals surface area contributed by atoms with Crippen molar-refractivity contribution >= 4 is 28.4 Å². The minimum Gasteiger partial charge on any atom is -0.383 e. The number of methoxy groups -OCH3 is 1. The molecule has 0 aliphatic heterocycles. The molecule has 0 unspecified atom stereocenters. The van der Waals surface area contributed by atoms with Gasteiger partial charge in [-0.1, -0.05) is 6.08 Å². The summed E-state index contributed by atoms with van der Waals surface area (Å²) in [5.74, 6) is 0.689. The van der Waals surface area contributed by atoms with Crippen molar-refractivity contribution in [3.63, 3.8) is 0 Å². The summed E-state index contributed by atoms with van der Waals surface area (Å²) in [7, 11) is 1.65. The van der Waals surface area contributed by atoms with Gasteiger partial charge in [0.25, 0.3) is 0 Å². The molecule has 18 heavy (non-hydrogen) atoms. The molecule has 0 radical (unpaired) electrons. The highest BCUT2D eigenvalue weighted by atomic mass is 32.1. The maximum atomic E-state index is 11.2. The molecule has 2 aromatic rings. The number of anilines is 1. The van der Waals surface area contributed by atoms with E-state index < -0.39 is 0 Å². The number of thiazole rings is 1. The van der Waals surface area contributed by atoms with Crippen LogP contribution < -0.4 is 4.90 Å². The normalized spacial score (nSPS) is 10.7. The molecule has 0 fully saturated rings. The van der Waals surface area contributed by atoms with Gasteiger partial charge in [0.1, 0.15) is 5.69 Å². The van der Waals surface area contributed by atoms with Crippen molar-refractivity contribution in [3.8, 4) is 0 Å². The Morgan fingerprint density at radius 3 is 3.17 bits per heavy atom. The van der Waals surface area contributed by atoms with E-state index in [0.29, 0.717) is 31.2 Å². The van der Waals surface area contributed by atoms with Crippen molar-refractivity contribution in [1.29, 1.82) is 0 Å². The number of carbonyl (C=O) groups is 1. The first-order chi connectivity index (χ1) is 8.81. The van der Waals surface area contributed by atoms with E-state index in [2.05, 4.69) is 11.6 Å². The lowest BCUT2D eigenvalue weighted by Crippen LogP contribution is -2.28. The average molecular weight is 265 g/mol. The molecule has 6 heteroatoms. The van der Waals surface area contributed by atoms with Crippen LogP contribution in [0.25, 0.3) is 4.96 Å². The SMILES string of the molecule is C=CCN(CCOC)c1nc2sccn2c1C=O. The highest BCUT2D eigenvalue weighted by molar-refractivity contribution is 7.15. The predicted octanol–water partition coefficient (Wildman–Crippen LogP) is 1.85. The Morgan fingerprint density at radius 2 is 2.50 bits per heavy atom. The molecule has 0 amide bonds. The minimum absolute atomic E-state index is 0.573. The molecular formula is C12H15N3O2S. The molecule has 2 heterocycles. The van der Waals surface area contributed by atoms with Crippen LogP contribution in [0.2, 0.25) is 0 Å². The van der Waals surface area contributed by atoms with Gasteiger partial charge in [-0.05, 0) is 0 Å². The fraction of sp³-hybridized carbons (Fsp3) is 0.333. The Balaban J connectivity index is 2.38. The molecule has 96 valence electrons. The molecule has 2 aromatic heterocycles. The summed E-state index contributed by atoms with van der Waals surface area (Å²) in [5, 5.41) is 1.91. The van der Waals surface area contributed by atoms with Gasteiger partial charge in [-0.15, -0.1) is 17.9 Å². The second-order valence-electron chi connectivity index (χ2n) is 3.72. The van der Waals surface area contributed by atoms with Gasteiger partial charge in [0, 0.05) is 31.8 Å². The number of hydrogen-bond donors (Lipinski definition) is 0. The van der Waals surface area contributed by atoms with E-state index in [4.69, 9.17) is 4.74 Å². The molecule has 0 aromatic carbocycles. The third-order valence-corrected chi connectivity index (χ3v) is 3.36. The Bertz CT molecular complexity index is 547. The average Bonchev–Trinajstić information content (AvgIpc) is 2.94. The van der Waals surface area contributed by atoms with Crippen molar-refractivity contribution in [2.75, 3.05) is 31.7 Å². The molecule has 0 N–H and O–H groups in total. The van der Waals surface area contributed by atoms with Crippen LogP contribution in [0.15, 0.2) is 24.2 Å². The van der Waals surface area contributed by atoms with Gasteiger partial charge in [-0.25, -0.2) is 4.98 Å². The first-order valence-electron chi connectivity index (χ1n) is 5.57. The number of carbonyl (C=O) groups excluding carboxylic acids is 1. The van der Waals surface area contributed by atoms with Gasteiger partial charge in [-0.2, -0.15) is 0 Å². The van der Waals surface area contributed by atoms with E-state index >= 15 is 0 Å². The molecule has 5 nitrogen and oxygen atoms in total. The highest BCUT2D eigenvalue weighted by Crippen LogP contribution is 2.23. The Kier molecular flexibility index (Phi) is 4.11. The fourth-order valence-corrected chi connectivity index (χ4v) is 2.49. The quantitative estimate of drug-likeness (QED) is 0.566. The lowest BCUT2D eigenvalue weighted by molar-refractivity contribution is 0.111. The molecule has 2 rings (SSSR count). The van der Waals surface area contributed by atoms with Crippen LogP contribution >= 0.6 is 11.3 Å². The van der Waals surface area contributed by atoms with E-state index in [1.165, 1.54) is 11.3 Å². The third-order valence-electron chi connectivity index (χ3n) is 2.61. The largest absolute Gasteiger partial charge is 0.383 e. The van der Waals surface area contributed by atoms with Crippen LogP contribution in [0.3, 0.4) is 0 Å². The summed E-state index contributed by atoms with van der Waals surface area (Å²) in [5.41, 5.74) is 0.573. The number of aldehydes is 1. The van der Waals surface area contributed by atoms with E-state index in [-0.39, 0.29) is 0 Å². The number of hydrogen-bond acceptors (Lipinski definition) is 5. The lowest BCUT2D eigenvalue weighted by atomic mass is 10.4. The number of ether oxygens (including phenoxy) is 1. The predicted molar refractivity (Wildman–Crippen MR) is 72.7 cm³/mol. The van der Waals surface area contributed by atoms with Gasteiger partial charge in [-0.3, -0.25) is 9.20 Å². The van der Waals surface area contributed by atoms with Crippen LogP contribution in [0.5, 0.6) is 0 Å². The summed E-state index contributed by atoms with van der Waals surface area (Å²) in [6, 6.07) is 0. The van der Waals surface area contributed by atoms with Crippen LogP contribution in [0.1, 0.15) is 10.5 Å². The van der Waals surface area contributed by atoms with E-state index in [1.807, 2.05) is 16.5 Å². The number of fused-ring (bicyclic) bond motifs is 1. The zero-order valence-electron chi connectivity index (χ0n) is 10.2. The molecule has 0 bridgehead atoms. The third kappa shape index (κ3) is 2.30. The monoisotopic (exact) mass is 265 g/mol. The summed E-state index contributed by atoms with van der Waals surface area (Å²) in [6.07, 6.45) is 4.48. The van der Waals surface area contributed by atoms with Crippen molar-refractivity contribution in [2.24, 2.45) is 0 Å². The summed E-state index contributed by atoms with van der Waals surface area (Å²) in [6.45, 7) is 5.62. The van der Waals surface area contributed by atoms with Gasteiger partial charge in [0.05, 0.1) is 6.61 Å². The maximum absolute atomic E-state index is 11.2. The lowest BCUT2D eigenvalue weighted by Gasteiger charge is -2.20. The molecule has 0 saturated carbocycles. The standard InChI is InChI=1S/C12H15N3O2S/c1-3-4-14(5-7-17-2)11-10(9-16)15-6-8-18-12(15)13-11/h3,6,8-9H,1,4-5,7H2,2H3. The van der Waals surface area contributed by atoms with E-state index in [1.54, 1.807) is 17.6 Å². The molecule has 0 saturated heterocycles. The summed E-state index contributed by atoms with van der Waals surface area (Å²) in [4.78, 5) is 18.5. The first-order valence-corrected chi connectivity index (χ1v) is 6.45. The van der Waals surface area contributed by atoms with Crippen molar-refractivity contribution in [1.82, 2.24) is 9.38 Å². The van der Waals surface area contributed by atoms with Gasteiger partial charge in [0.15, 0.2) is 17.1 Å². The number of rotatable bonds is 7. The van der Waals surface area contributed by atoms with Crippen LogP contribution in [0, 0.1) is 0 Å². The summed E-state index contributed by atoms with van der Waals surface area (Å²) < 4.78 is 6.87. The smallest absolute Gasteiger partial charge is 0.196 e.